The molecule has 1 aromatic heterocycles. The Morgan fingerprint density at radius 1 is 0.938 bits per heavy atom. The Labute approximate surface area is 189 Å². The average molecular weight is 437 g/mol. The maximum Gasteiger partial charge on any atom is 0.321 e. The quantitative estimate of drug-likeness (QED) is 0.665. The van der Waals surface area contributed by atoms with Crippen LogP contribution in [0.4, 0.5) is 16.6 Å². The van der Waals surface area contributed by atoms with Gasteiger partial charge in [-0.25, -0.2) is 9.78 Å². The number of rotatable bonds is 5. The number of aryl methyl sites for hydroxylation is 1. The van der Waals surface area contributed by atoms with Crippen molar-refractivity contribution in [2.75, 3.05) is 24.3 Å². The van der Waals surface area contributed by atoms with Crippen molar-refractivity contribution in [3.8, 4) is 0 Å². The first kappa shape index (κ1) is 22.0. The summed E-state index contributed by atoms with van der Waals surface area (Å²) in [4.78, 5) is 36.0. The van der Waals surface area contributed by atoms with Gasteiger partial charge in [0.05, 0.1) is 5.69 Å². The van der Waals surface area contributed by atoms with Crippen molar-refractivity contribution in [1.29, 1.82) is 0 Å². The molecule has 2 aliphatic carbocycles. The van der Waals surface area contributed by atoms with Gasteiger partial charge in [0.2, 0.25) is 5.95 Å². The van der Waals surface area contributed by atoms with E-state index in [0.29, 0.717) is 11.5 Å². The number of imide groups is 1. The third-order valence-electron chi connectivity index (χ3n) is 6.24. The van der Waals surface area contributed by atoms with Crippen LogP contribution in [0.15, 0.2) is 30.3 Å². The lowest BCUT2D eigenvalue weighted by Crippen LogP contribution is -2.46. The number of benzene rings is 1. The minimum atomic E-state index is -0.441. The molecule has 0 atom stereocenters. The minimum Gasteiger partial charge on any atom is -0.362 e. The first-order chi connectivity index (χ1) is 15.5. The lowest BCUT2D eigenvalue weighted by Gasteiger charge is -2.30. The molecule has 0 radical (unpaired) electrons. The predicted molar refractivity (Wildman–Crippen MR) is 125 cm³/mol. The molecule has 3 N–H and O–H groups in total. The summed E-state index contributed by atoms with van der Waals surface area (Å²) < 4.78 is 0. The van der Waals surface area contributed by atoms with Gasteiger partial charge in [-0.15, -0.1) is 0 Å². The second-order valence-corrected chi connectivity index (χ2v) is 8.88. The molecule has 0 aliphatic heterocycles. The molecule has 1 heterocycles. The summed E-state index contributed by atoms with van der Waals surface area (Å²) in [7, 11) is 4.07. The summed E-state index contributed by atoms with van der Waals surface area (Å²) in [5, 5.41) is 8.87. The van der Waals surface area contributed by atoms with Gasteiger partial charge < -0.3 is 15.5 Å². The van der Waals surface area contributed by atoms with Gasteiger partial charge in [-0.2, -0.15) is 4.98 Å². The fourth-order valence-electron chi connectivity index (χ4n) is 4.56. The molecule has 0 saturated heterocycles. The fourth-order valence-corrected chi connectivity index (χ4v) is 4.56. The molecule has 0 bridgehead atoms. The molecule has 0 unspecified atom stereocenters. The van der Waals surface area contributed by atoms with Crippen LogP contribution in [0.3, 0.4) is 0 Å². The molecule has 2 aromatic rings. The van der Waals surface area contributed by atoms with E-state index < -0.39 is 6.03 Å². The summed E-state index contributed by atoms with van der Waals surface area (Å²) >= 11 is 0. The van der Waals surface area contributed by atoms with Crippen LogP contribution in [-0.2, 0) is 12.8 Å². The number of urea groups is 1. The molecule has 1 fully saturated rings. The Kier molecular flexibility index (Phi) is 6.87. The van der Waals surface area contributed by atoms with Gasteiger partial charge in [0.15, 0.2) is 0 Å². The standard InChI is InChI=1S/C24H32N6O2/c1-30(2)21-19-10-6-7-11-20(19)27-23(28-21)25-17-12-14-18(15-13-17)26-24(32)29-22(31)16-8-4-3-5-9-16/h3-5,8-9,17-18H,6-7,10-15H2,1-2H3,(H,25,27,28)(H2,26,29,31,32)/t17-,18+. The molecule has 3 amide bonds. The number of hydrogen-bond donors (Lipinski definition) is 3. The van der Waals surface area contributed by atoms with E-state index in [0.717, 1.165) is 44.3 Å². The highest BCUT2D eigenvalue weighted by atomic mass is 16.2. The van der Waals surface area contributed by atoms with Gasteiger partial charge in [-0.05, 0) is 63.5 Å². The summed E-state index contributed by atoms with van der Waals surface area (Å²) in [6.07, 6.45) is 7.96. The number of nitrogens with zero attached hydrogens (tertiary/aromatic N) is 3. The van der Waals surface area contributed by atoms with Gasteiger partial charge >= 0.3 is 6.03 Å². The topological polar surface area (TPSA) is 99.3 Å². The first-order valence-corrected chi connectivity index (χ1v) is 11.5. The summed E-state index contributed by atoms with van der Waals surface area (Å²) in [5.74, 6) is 1.34. The molecule has 32 heavy (non-hydrogen) atoms. The van der Waals surface area contributed by atoms with E-state index in [9.17, 15) is 9.59 Å². The number of hydrogen-bond acceptors (Lipinski definition) is 6. The Balaban J connectivity index is 1.28. The van der Waals surface area contributed by atoms with Gasteiger partial charge in [-0.3, -0.25) is 10.1 Å². The van der Waals surface area contributed by atoms with Crippen LogP contribution in [0.5, 0.6) is 0 Å². The molecule has 4 rings (SSSR count). The minimum absolute atomic E-state index is 0.0541. The molecule has 2 aliphatic rings. The molecule has 1 aromatic carbocycles. The molecule has 170 valence electrons. The summed E-state index contributed by atoms with van der Waals surface area (Å²) in [6.45, 7) is 0. The van der Waals surface area contributed by atoms with Crippen LogP contribution >= 0.6 is 0 Å². The Hall–Kier alpha value is -3.16. The van der Waals surface area contributed by atoms with Crippen molar-refractivity contribution < 1.29 is 9.59 Å². The van der Waals surface area contributed by atoms with E-state index in [-0.39, 0.29) is 18.0 Å². The highest BCUT2D eigenvalue weighted by Gasteiger charge is 2.25. The fraction of sp³-hybridized carbons (Fsp3) is 0.500. The number of carbonyl (C=O) groups excluding carboxylic acids is 2. The van der Waals surface area contributed by atoms with Crippen molar-refractivity contribution in [2.45, 2.75) is 63.5 Å². The van der Waals surface area contributed by atoms with Crippen LogP contribution in [0, 0.1) is 0 Å². The number of carbonyl (C=O) groups is 2. The lowest BCUT2D eigenvalue weighted by molar-refractivity contribution is 0.0962. The Morgan fingerprint density at radius 2 is 1.62 bits per heavy atom. The normalized spacial score (nSPS) is 20.1. The van der Waals surface area contributed by atoms with Crippen LogP contribution in [0.2, 0.25) is 0 Å². The SMILES string of the molecule is CN(C)c1nc(N[C@H]2CC[C@@H](NC(=O)NC(=O)c3ccccc3)CC2)nc2c1CCCC2. The zero-order valence-corrected chi connectivity index (χ0v) is 18.9. The summed E-state index contributed by atoms with van der Waals surface area (Å²) in [6, 6.07) is 8.64. The second kappa shape index (κ2) is 9.97. The van der Waals surface area contributed by atoms with E-state index in [2.05, 4.69) is 20.9 Å². The highest BCUT2D eigenvalue weighted by molar-refractivity contribution is 6.04. The van der Waals surface area contributed by atoms with Crippen LogP contribution in [0.1, 0.15) is 60.1 Å². The maximum absolute atomic E-state index is 12.2. The number of anilines is 2. The molecule has 1 saturated carbocycles. The van der Waals surface area contributed by atoms with Crippen molar-refractivity contribution in [3.05, 3.63) is 47.2 Å². The molecule has 8 heteroatoms. The van der Waals surface area contributed by atoms with Crippen LogP contribution in [-0.4, -0.2) is 48.1 Å². The second-order valence-electron chi connectivity index (χ2n) is 8.88. The lowest BCUT2D eigenvalue weighted by atomic mass is 9.91. The molecule has 0 spiro atoms. The van der Waals surface area contributed by atoms with Crippen LogP contribution in [0.25, 0.3) is 0 Å². The average Bonchev–Trinajstić information content (AvgIpc) is 2.80. The van der Waals surface area contributed by atoms with E-state index in [4.69, 9.17) is 9.97 Å². The Bertz CT molecular complexity index is 954. The molecular weight excluding hydrogens is 404 g/mol. The van der Waals surface area contributed by atoms with Gasteiger partial charge in [0.25, 0.3) is 5.91 Å². The highest BCUT2D eigenvalue weighted by Crippen LogP contribution is 2.29. The van der Waals surface area contributed by atoms with Crippen LogP contribution < -0.4 is 20.9 Å². The van der Waals surface area contributed by atoms with Gasteiger partial charge in [0.1, 0.15) is 5.82 Å². The zero-order chi connectivity index (χ0) is 22.5. The zero-order valence-electron chi connectivity index (χ0n) is 18.9. The van der Waals surface area contributed by atoms with Crippen molar-refractivity contribution in [2.24, 2.45) is 0 Å². The summed E-state index contributed by atoms with van der Waals surface area (Å²) in [5.41, 5.74) is 2.93. The first-order valence-electron chi connectivity index (χ1n) is 11.5. The Morgan fingerprint density at radius 3 is 2.34 bits per heavy atom. The third-order valence-corrected chi connectivity index (χ3v) is 6.24. The molecule has 8 nitrogen and oxygen atoms in total. The van der Waals surface area contributed by atoms with E-state index in [1.807, 2.05) is 20.2 Å². The van der Waals surface area contributed by atoms with Crippen molar-refractivity contribution in [3.63, 3.8) is 0 Å². The largest absolute Gasteiger partial charge is 0.362 e. The van der Waals surface area contributed by atoms with Gasteiger partial charge in [0, 0.05) is 37.3 Å². The monoisotopic (exact) mass is 436 g/mol. The molecular formula is C24H32N6O2. The maximum atomic E-state index is 12.2. The van der Waals surface area contributed by atoms with E-state index >= 15 is 0 Å². The van der Waals surface area contributed by atoms with Gasteiger partial charge in [-0.1, -0.05) is 18.2 Å². The predicted octanol–water partition coefficient (Wildman–Crippen LogP) is 3.28. The van der Waals surface area contributed by atoms with Crippen molar-refractivity contribution in [1.82, 2.24) is 20.6 Å². The van der Waals surface area contributed by atoms with E-state index in [1.54, 1.807) is 24.3 Å². The smallest absolute Gasteiger partial charge is 0.321 e. The number of aromatic nitrogens is 2. The van der Waals surface area contributed by atoms with E-state index in [1.165, 1.54) is 24.1 Å². The van der Waals surface area contributed by atoms with Crippen molar-refractivity contribution >= 4 is 23.7 Å². The third kappa shape index (κ3) is 5.36. The number of nitrogens with one attached hydrogen (secondary N) is 3. The number of amides is 3. The number of fused-ring (bicyclic) bond motifs is 1.